The van der Waals surface area contributed by atoms with E-state index in [0.717, 1.165) is 37.0 Å². The van der Waals surface area contributed by atoms with E-state index in [4.69, 9.17) is 0 Å². The van der Waals surface area contributed by atoms with Crippen LogP contribution in [0.4, 0.5) is 0 Å². The quantitative estimate of drug-likeness (QED) is 0.667. The second-order valence-electron chi connectivity index (χ2n) is 6.90. The molecule has 0 aliphatic carbocycles. The minimum absolute atomic E-state index is 0.833. The molecule has 0 spiro atoms. The molecule has 132 valence electrons. The van der Waals surface area contributed by atoms with Crippen molar-refractivity contribution in [2.45, 2.75) is 68.4 Å². The standard InChI is InChI=1S/C10H11N3.2C4H10.C2H6/c1-3-11-5-8-6-13-10-9(8)7(1)2-4-12-10;2*1-4(2)3;1-2/h2,4,6,11H,1,3,5H2,(H,12,13);2*4H,1-3H3;1-2H3. The van der Waals surface area contributed by atoms with Gasteiger partial charge < -0.3 is 10.3 Å². The van der Waals surface area contributed by atoms with E-state index in [9.17, 15) is 0 Å². The van der Waals surface area contributed by atoms with E-state index in [0.29, 0.717) is 0 Å². The van der Waals surface area contributed by atoms with Gasteiger partial charge in [0, 0.05) is 24.3 Å². The summed E-state index contributed by atoms with van der Waals surface area (Å²) in [5, 5.41) is 4.72. The maximum absolute atomic E-state index is 4.30. The Labute approximate surface area is 143 Å². The zero-order valence-corrected chi connectivity index (χ0v) is 16.5. The number of hydrogen-bond acceptors (Lipinski definition) is 2. The molecule has 0 saturated heterocycles. The molecule has 0 unspecified atom stereocenters. The fourth-order valence-corrected chi connectivity index (χ4v) is 1.99. The van der Waals surface area contributed by atoms with Gasteiger partial charge in [0.25, 0.3) is 0 Å². The van der Waals surface area contributed by atoms with Crippen LogP contribution in [0.2, 0.25) is 0 Å². The first kappa shape index (κ1) is 21.6. The van der Waals surface area contributed by atoms with E-state index in [1.54, 1.807) is 0 Å². The largest absolute Gasteiger partial charge is 0.346 e. The second kappa shape index (κ2) is 12.1. The third kappa shape index (κ3) is 8.75. The second-order valence-corrected chi connectivity index (χ2v) is 6.90. The van der Waals surface area contributed by atoms with E-state index in [-0.39, 0.29) is 0 Å². The average Bonchev–Trinajstić information content (AvgIpc) is 2.76. The van der Waals surface area contributed by atoms with Gasteiger partial charge in [-0.25, -0.2) is 4.98 Å². The molecule has 2 aromatic heterocycles. The molecular weight excluding hydrogens is 282 g/mol. The molecule has 2 N–H and O–H groups in total. The highest BCUT2D eigenvalue weighted by Crippen LogP contribution is 2.22. The summed E-state index contributed by atoms with van der Waals surface area (Å²) in [6.07, 6.45) is 5.03. The predicted octanol–water partition coefficient (Wildman–Crippen LogP) is 5.56. The van der Waals surface area contributed by atoms with Crippen molar-refractivity contribution >= 4 is 11.0 Å². The maximum Gasteiger partial charge on any atom is 0.137 e. The minimum Gasteiger partial charge on any atom is -0.346 e. The summed E-state index contributed by atoms with van der Waals surface area (Å²) >= 11 is 0. The number of pyridine rings is 1. The number of H-pyrrole nitrogens is 1. The monoisotopic (exact) mass is 319 g/mol. The molecule has 3 rings (SSSR count). The SMILES string of the molecule is CC.CC(C)C.CC(C)C.c1cc2c3c(c[nH]c3n1)CNCC2. The highest BCUT2D eigenvalue weighted by Gasteiger charge is 2.11. The Hall–Kier alpha value is -1.35. The van der Waals surface area contributed by atoms with Gasteiger partial charge in [0.15, 0.2) is 0 Å². The molecular formula is C20H37N3. The molecule has 23 heavy (non-hydrogen) atoms. The summed E-state index contributed by atoms with van der Waals surface area (Å²) in [5.74, 6) is 1.67. The van der Waals surface area contributed by atoms with Gasteiger partial charge in [-0.3, -0.25) is 0 Å². The summed E-state index contributed by atoms with van der Waals surface area (Å²) in [6, 6.07) is 2.12. The van der Waals surface area contributed by atoms with Crippen LogP contribution in [-0.4, -0.2) is 16.5 Å². The Kier molecular flexibility index (Phi) is 11.4. The summed E-state index contributed by atoms with van der Waals surface area (Å²) in [4.78, 5) is 7.50. The third-order valence-corrected chi connectivity index (χ3v) is 2.63. The van der Waals surface area contributed by atoms with Gasteiger partial charge in [-0.2, -0.15) is 0 Å². The molecule has 1 aliphatic heterocycles. The number of nitrogens with one attached hydrogen (secondary N) is 2. The Bertz CT molecular complexity index is 515. The van der Waals surface area contributed by atoms with E-state index < -0.39 is 0 Å². The highest BCUT2D eigenvalue weighted by atomic mass is 14.9. The van der Waals surface area contributed by atoms with Crippen molar-refractivity contribution in [1.82, 2.24) is 15.3 Å². The maximum atomic E-state index is 4.30. The molecule has 1 aliphatic rings. The van der Waals surface area contributed by atoms with Crippen molar-refractivity contribution in [3.8, 4) is 0 Å². The lowest BCUT2D eigenvalue weighted by molar-refractivity contribution is 0.701. The van der Waals surface area contributed by atoms with Crippen LogP contribution in [0.15, 0.2) is 18.5 Å². The average molecular weight is 320 g/mol. The van der Waals surface area contributed by atoms with Gasteiger partial charge in [0.1, 0.15) is 5.65 Å². The lowest BCUT2D eigenvalue weighted by Crippen LogP contribution is -2.13. The molecule has 0 atom stereocenters. The third-order valence-electron chi connectivity index (χ3n) is 2.63. The van der Waals surface area contributed by atoms with Crippen LogP contribution in [0.1, 0.15) is 66.5 Å². The van der Waals surface area contributed by atoms with Crippen LogP contribution >= 0.6 is 0 Å². The van der Waals surface area contributed by atoms with Gasteiger partial charge in [-0.15, -0.1) is 0 Å². The van der Waals surface area contributed by atoms with Crippen molar-refractivity contribution in [3.05, 3.63) is 29.6 Å². The lowest BCUT2D eigenvalue weighted by atomic mass is 10.1. The molecule has 0 saturated carbocycles. The van der Waals surface area contributed by atoms with E-state index in [2.05, 4.69) is 69.1 Å². The van der Waals surface area contributed by atoms with Crippen LogP contribution < -0.4 is 5.32 Å². The first-order valence-corrected chi connectivity index (χ1v) is 9.06. The Balaban J connectivity index is 0.000000410. The summed E-state index contributed by atoms with van der Waals surface area (Å²) < 4.78 is 0. The zero-order chi connectivity index (χ0) is 17.8. The normalized spacial score (nSPS) is 12.4. The van der Waals surface area contributed by atoms with E-state index >= 15 is 0 Å². The number of nitrogens with zero attached hydrogens (tertiary/aromatic N) is 1. The molecule has 3 heteroatoms. The zero-order valence-electron chi connectivity index (χ0n) is 16.5. The van der Waals surface area contributed by atoms with Crippen LogP contribution in [0.25, 0.3) is 11.0 Å². The minimum atomic E-state index is 0.833. The van der Waals surface area contributed by atoms with Crippen LogP contribution in [0, 0.1) is 11.8 Å². The number of aromatic amines is 1. The molecule has 0 aromatic carbocycles. The summed E-state index contributed by atoms with van der Waals surface area (Å²) in [6.45, 7) is 19.0. The Morgan fingerprint density at radius 3 is 2.09 bits per heavy atom. The van der Waals surface area contributed by atoms with Crippen LogP contribution in [0.5, 0.6) is 0 Å². The van der Waals surface area contributed by atoms with Crippen LogP contribution in [-0.2, 0) is 13.0 Å². The van der Waals surface area contributed by atoms with E-state index in [1.807, 2.05) is 20.0 Å². The lowest BCUT2D eigenvalue weighted by Gasteiger charge is -1.98. The summed E-state index contributed by atoms with van der Waals surface area (Å²) in [7, 11) is 0. The molecule has 0 radical (unpaired) electrons. The molecule has 3 nitrogen and oxygen atoms in total. The molecule has 2 aromatic rings. The van der Waals surface area contributed by atoms with Gasteiger partial charge >= 0.3 is 0 Å². The van der Waals surface area contributed by atoms with Crippen molar-refractivity contribution in [2.24, 2.45) is 11.8 Å². The topological polar surface area (TPSA) is 40.7 Å². The molecule has 3 heterocycles. The van der Waals surface area contributed by atoms with Crippen molar-refractivity contribution in [1.29, 1.82) is 0 Å². The first-order chi connectivity index (χ1) is 10.9. The number of rotatable bonds is 0. The Morgan fingerprint density at radius 2 is 1.52 bits per heavy atom. The fraction of sp³-hybridized carbons (Fsp3) is 0.650. The van der Waals surface area contributed by atoms with Crippen molar-refractivity contribution < 1.29 is 0 Å². The predicted molar refractivity (Wildman–Crippen MR) is 104 cm³/mol. The molecule has 0 fully saturated rings. The smallest absolute Gasteiger partial charge is 0.137 e. The number of aromatic nitrogens is 2. The first-order valence-electron chi connectivity index (χ1n) is 9.06. The number of hydrogen-bond donors (Lipinski definition) is 2. The highest BCUT2D eigenvalue weighted by molar-refractivity contribution is 5.83. The Morgan fingerprint density at radius 1 is 0.957 bits per heavy atom. The van der Waals surface area contributed by atoms with Gasteiger partial charge in [0.2, 0.25) is 0 Å². The fourth-order valence-electron chi connectivity index (χ4n) is 1.99. The summed E-state index contributed by atoms with van der Waals surface area (Å²) in [5.41, 5.74) is 3.78. The molecule has 0 bridgehead atoms. The van der Waals surface area contributed by atoms with Gasteiger partial charge in [0.05, 0.1) is 0 Å². The van der Waals surface area contributed by atoms with E-state index in [1.165, 1.54) is 16.5 Å². The van der Waals surface area contributed by atoms with Gasteiger partial charge in [-0.1, -0.05) is 55.4 Å². The van der Waals surface area contributed by atoms with Gasteiger partial charge in [-0.05, 0) is 42.0 Å². The van der Waals surface area contributed by atoms with Crippen LogP contribution in [0.3, 0.4) is 0 Å². The molecule has 0 amide bonds. The van der Waals surface area contributed by atoms with Crippen molar-refractivity contribution in [3.63, 3.8) is 0 Å². The van der Waals surface area contributed by atoms with Crippen molar-refractivity contribution in [2.75, 3.05) is 6.54 Å².